The lowest BCUT2D eigenvalue weighted by Gasteiger charge is -2.45. The van der Waals surface area contributed by atoms with Crippen LogP contribution in [0.1, 0.15) is 39.5 Å². The van der Waals surface area contributed by atoms with Gasteiger partial charge >= 0.3 is 6.03 Å². The highest BCUT2D eigenvalue weighted by Gasteiger charge is 2.38. The Labute approximate surface area is 129 Å². The molecular formula is C16H32N4O. The van der Waals surface area contributed by atoms with Crippen molar-refractivity contribution in [3.63, 3.8) is 0 Å². The highest BCUT2D eigenvalue weighted by molar-refractivity contribution is 5.75. The lowest BCUT2D eigenvalue weighted by molar-refractivity contribution is 0.0912. The topological polar surface area (TPSA) is 38.8 Å². The summed E-state index contributed by atoms with van der Waals surface area (Å²) in [6, 6.07) is 0.740. The predicted molar refractivity (Wildman–Crippen MR) is 86.6 cm³/mol. The van der Waals surface area contributed by atoms with E-state index < -0.39 is 0 Å². The van der Waals surface area contributed by atoms with Gasteiger partial charge in [0.1, 0.15) is 0 Å². The average molecular weight is 296 g/mol. The highest BCUT2D eigenvalue weighted by atomic mass is 16.2. The summed E-state index contributed by atoms with van der Waals surface area (Å²) in [5, 5.41) is 3.38. The van der Waals surface area contributed by atoms with Crippen molar-refractivity contribution in [3.8, 4) is 0 Å². The molecule has 0 spiro atoms. The first-order valence-corrected chi connectivity index (χ1v) is 8.38. The van der Waals surface area contributed by atoms with Crippen molar-refractivity contribution in [2.45, 2.75) is 51.1 Å². The highest BCUT2D eigenvalue weighted by Crippen LogP contribution is 2.25. The first kappa shape index (κ1) is 16.6. The molecule has 2 aliphatic rings. The smallest absolute Gasteiger partial charge is 0.317 e. The Morgan fingerprint density at radius 3 is 2.19 bits per heavy atom. The molecule has 0 aliphatic carbocycles. The van der Waals surface area contributed by atoms with Crippen LogP contribution in [0.5, 0.6) is 0 Å². The third-order valence-electron chi connectivity index (χ3n) is 4.87. The Kier molecular flexibility index (Phi) is 5.49. The molecule has 0 radical (unpaired) electrons. The van der Waals surface area contributed by atoms with Gasteiger partial charge in [0.25, 0.3) is 0 Å². The fraction of sp³-hybridized carbons (Fsp3) is 0.938. The first-order chi connectivity index (χ1) is 9.92. The van der Waals surface area contributed by atoms with Crippen LogP contribution in [-0.2, 0) is 0 Å². The molecule has 2 aliphatic heterocycles. The van der Waals surface area contributed by atoms with Crippen LogP contribution in [0.4, 0.5) is 4.79 Å². The molecule has 21 heavy (non-hydrogen) atoms. The summed E-state index contributed by atoms with van der Waals surface area (Å²) < 4.78 is 0. The number of hydrogen-bond acceptors (Lipinski definition) is 3. The van der Waals surface area contributed by atoms with E-state index in [0.717, 1.165) is 58.4 Å². The Bertz CT molecular complexity index is 342. The average Bonchev–Trinajstić information content (AvgIpc) is 2.92. The molecule has 0 atom stereocenters. The number of piperidine rings is 1. The Balaban J connectivity index is 1.98. The van der Waals surface area contributed by atoms with Gasteiger partial charge in [-0.1, -0.05) is 0 Å². The Hall–Kier alpha value is -0.810. The molecule has 0 saturated carbocycles. The quantitative estimate of drug-likeness (QED) is 0.856. The lowest BCUT2D eigenvalue weighted by Crippen LogP contribution is -2.62. The maximum Gasteiger partial charge on any atom is 0.317 e. The SMILES string of the molecule is CC(C)N1CCC(CN(C)C)(NC(=O)N2CCCC2)CC1. The summed E-state index contributed by atoms with van der Waals surface area (Å²) in [7, 11) is 4.19. The van der Waals surface area contributed by atoms with E-state index in [1.54, 1.807) is 0 Å². The number of likely N-dealkylation sites (tertiary alicyclic amines) is 2. The second-order valence-electron chi connectivity index (χ2n) is 7.27. The molecule has 0 aromatic carbocycles. The van der Waals surface area contributed by atoms with Gasteiger partial charge in [-0.25, -0.2) is 4.79 Å². The second kappa shape index (κ2) is 6.97. The number of urea groups is 1. The zero-order valence-electron chi connectivity index (χ0n) is 14.2. The van der Waals surface area contributed by atoms with Crippen molar-refractivity contribution in [1.82, 2.24) is 20.0 Å². The molecule has 2 saturated heterocycles. The standard InChI is InChI=1S/C16H32N4O/c1-14(2)19-11-7-16(8-12-19,13-18(3)4)17-15(21)20-9-5-6-10-20/h14H,5-13H2,1-4H3,(H,17,21). The minimum Gasteiger partial charge on any atom is -0.331 e. The van der Waals surface area contributed by atoms with Crippen LogP contribution >= 0.6 is 0 Å². The van der Waals surface area contributed by atoms with Crippen molar-refractivity contribution in [2.75, 3.05) is 46.8 Å². The summed E-state index contributed by atoms with van der Waals surface area (Å²) >= 11 is 0. The maximum absolute atomic E-state index is 12.5. The van der Waals surface area contributed by atoms with Gasteiger partial charge in [-0.05, 0) is 53.6 Å². The molecule has 0 unspecified atom stereocenters. The van der Waals surface area contributed by atoms with Gasteiger partial charge in [0.15, 0.2) is 0 Å². The monoisotopic (exact) mass is 296 g/mol. The molecule has 122 valence electrons. The van der Waals surface area contributed by atoms with E-state index in [1.165, 1.54) is 0 Å². The van der Waals surface area contributed by atoms with Gasteiger partial charge in [-0.2, -0.15) is 0 Å². The third kappa shape index (κ3) is 4.33. The van der Waals surface area contributed by atoms with Crippen molar-refractivity contribution < 1.29 is 4.79 Å². The van der Waals surface area contributed by atoms with E-state index in [0.29, 0.717) is 6.04 Å². The van der Waals surface area contributed by atoms with Crippen LogP contribution in [0.3, 0.4) is 0 Å². The largest absolute Gasteiger partial charge is 0.331 e. The molecule has 1 N–H and O–H groups in total. The normalized spacial score (nSPS) is 23.0. The van der Waals surface area contributed by atoms with Gasteiger partial charge in [-0.15, -0.1) is 0 Å². The minimum absolute atomic E-state index is 0.0609. The van der Waals surface area contributed by atoms with Crippen LogP contribution in [0.25, 0.3) is 0 Å². The van der Waals surface area contributed by atoms with Crippen LogP contribution in [0.15, 0.2) is 0 Å². The van der Waals surface area contributed by atoms with Crippen LogP contribution in [0, 0.1) is 0 Å². The van der Waals surface area contributed by atoms with Gasteiger partial charge in [0.05, 0.1) is 5.54 Å². The van der Waals surface area contributed by atoms with Gasteiger partial charge in [0.2, 0.25) is 0 Å². The number of likely N-dealkylation sites (N-methyl/N-ethyl adjacent to an activating group) is 1. The summed E-state index contributed by atoms with van der Waals surface area (Å²) in [6.45, 7) is 9.42. The van der Waals surface area contributed by atoms with Crippen molar-refractivity contribution >= 4 is 6.03 Å². The number of carbonyl (C=O) groups is 1. The van der Waals surface area contributed by atoms with E-state index in [1.807, 2.05) is 4.90 Å². The number of carbonyl (C=O) groups excluding carboxylic acids is 1. The van der Waals surface area contributed by atoms with Crippen molar-refractivity contribution in [1.29, 1.82) is 0 Å². The van der Waals surface area contributed by atoms with Gasteiger partial charge in [0, 0.05) is 38.8 Å². The van der Waals surface area contributed by atoms with E-state index >= 15 is 0 Å². The summed E-state index contributed by atoms with van der Waals surface area (Å²) in [6.07, 6.45) is 4.39. The molecule has 0 bridgehead atoms. The molecule has 2 heterocycles. The second-order valence-corrected chi connectivity index (χ2v) is 7.27. The van der Waals surface area contributed by atoms with Crippen molar-refractivity contribution in [2.24, 2.45) is 0 Å². The van der Waals surface area contributed by atoms with E-state index in [2.05, 4.69) is 43.1 Å². The van der Waals surface area contributed by atoms with Crippen LogP contribution < -0.4 is 5.32 Å². The number of rotatable bonds is 4. The molecule has 5 heteroatoms. The van der Waals surface area contributed by atoms with Crippen LogP contribution in [0.2, 0.25) is 0 Å². The molecule has 2 rings (SSSR count). The van der Waals surface area contributed by atoms with Gasteiger partial charge < -0.3 is 20.0 Å². The molecule has 0 aromatic heterocycles. The first-order valence-electron chi connectivity index (χ1n) is 8.38. The minimum atomic E-state index is -0.0609. The Morgan fingerprint density at radius 1 is 1.14 bits per heavy atom. The third-order valence-corrected chi connectivity index (χ3v) is 4.87. The molecule has 0 aromatic rings. The predicted octanol–water partition coefficient (Wildman–Crippen LogP) is 1.60. The van der Waals surface area contributed by atoms with Crippen LogP contribution in [-0.4, -0.2) is 79.1 Å². The van der Waals surface area contributed by atoms with E-state index in [-0.39, 0.29) is 11.6 Å². The number of amides is 2. The fourth-order valence-corrected chi connectivity index (χ4v) is 3.62. The lowest BCUT2D eigenvalue weighted by atomic mass is 9.86. The molecule has 5 nitrogen and oxygen atoms in total. The summed E-state index contributed by atoms with van der Waals surface area (Å²) in [5.74, 6) is 0. The number of nitrogens with zero attached hydrogens (tertiary/aromatic N) is 3. The molecular weight excluding hydrogens is 264 g/mol. The molecule has 2 amide bonds. The van der Waals surface area contributed by atoms with E-state index in [4.69, 9.17) is 0 Å². The summed E-state index contributed by atoms with van der Waals surface area (Å²) in [5.41, 5.74) is -0.0609. The van der Waals surface area contributed by atoms with Gasteiger partial charge in [-0.3, -0.25) is 0 Å². The number of nitrogens with one attached hydrogen (secondary N) is 1. The number of hydrogen-bond donors (Lipinski definition) is 1. The van der Waals surface area contributed by atoms with E-state index in [9.17, 15) is 4.79 Å². The molecule has 2 fully saturated rings. The summed E-state index contributed by atoms with van der Waals surface area (Å²) in [4.78, 5) is 19.2. The zero-order chi connectivity index (χ0) is 15.5. The van der Waals surface area contributed by atoms with Crippen molar-refractivity contribution in [3.05, 3.63) is 0 Å². The zero-order valence-corrected chi connectivity index (χ0v) is 14.2. The maximum atomic E-state index is 12.5. The Morgan fingerprint density at radius 2 is 1.71 bits per heavy atom. The fourth-order valence-electron chi connectivity index (χ4n) is 3.62.